The van der Waals surface area contributed by atoms with Crippen LogP contribution in [-0.2, 0) is 0 Å². The third-order valence-electron chi connectivity index (χ3n) is 4.84. The molecule has 1 aromatic carbocycles. The van der Waals surface area contributed by atoms with Gasteiger partial charge in [0.15, 0.2) is 0 Å². The van der Waals surface area contributed by atoms with Crippen LogP contribution in [0.4, 0.5) is 0 Å². The van der Waals surface area contributed by atoms with E-state index in [0.717, 1.165) is 17.6 Å². The number of nitrogens with one attached hydrogen (secondary N) is 2. The number of benzene rings is 1. The van der Waals surface area contributed by atoms with Crippen molar-refractivity contribution in [2.24, 2.45) is 0 Å². The number of pyridine rings is 1. The van der Waals surface area contributed by atoms with Crippen LogP contribution in [0, 0.1) is 0 Å². The highest BCUT2D eigenvalue weighted by molar-refractivity contribution is 5.86. The van der Waals surface area contributed by atoms with Gasteiger partial charge in [-0.3, -0.25) is 0 Å². The second kappa shape index (κ2) is 5.24. The first-order chi connectivity index (χ1) is 11.9. The molecule has 0 amide bonds. The van der Waals surface area contributed by atoms with Crippen LogP contribution in [-0.4, -0.2) is 15.0 Å². The number of rotatable bonds is 2. The minimum absolute atomic E-state index is 0.384. The van der Waals surface area contributed by atoms with Crippen LogP contribution in [0.5, 0.6) is 0 Å². The first-order valence-corrected chi connectivity index (χ1v) is 8.26. The smallest absolute Gasteiger partial charge is 0.137 e. The zero-order valence-electron chi connectivity index (χ0n) is 13.2. The Kier molecular flexibility index (Phi) is 2.92. The van der Waals surface area contributed by atoms with Crippen molar-refractivity contribution in [3.63, 3.8) is 0 Å². The van der Waals surface area contributed by atoms with Gasteiger partial charge in [-0.25, -0.2) is 4.98 Å². The molecular weight excluding hydrogens is 294 g/mol. The lowest BCUT2D eigenvalue weighted by molar-refractivity contribution is 0.926. The SMILES string of the molecule is C1=c2cc[nH]c2=CCC1c1c[nH]c2ncc(-c3ccccc3)cc12. The summed E-state index contributed by atoms with van der Waals surface area (Å²) >= 11 is 0. The van der Waals surface area contributed by atoms with Gasteiger partial charge in [0.1, 0.15) is 5.65 Å². The monoisotopic (exact) mass is 311 g/mol. The quantitative estimate of drug-likeness (QED) is 0.586. The maximum atomic E-state index is 4.62. The third-order valence-corrected chi connectivity index (χ3v) is 4.84. The number of nitrogens with zero attached hydrogens (tertiary/aromatic N) is 1. The van der Waals surface area contributed by atoms with Crippen LogP contribution in [0.3, 0.4) is 0 Å². The maximum Gasteiger partial charge on any atom is 0.137 e. The summed E-state index contributed by atoms with van der Waals surface area (Å²) in [4.78, 5) is 11.2. The topological polar surface area (TPSA) is 44.5 Å². The van der Waals surface area contributed by atoms with E-state index >= 15 is 0 Å². The predicted octanol–water partition coefficient (Wildman–Crippen LogP) is 3.31. The van der Waals surface area contributed by atoms with Crippen LogP contribution >= 0.6 is 0 Å². The predicted molar refractivity (Wildman–Crippen MR) is 97.9 cm³/mol. The van der Waals surface area contributed by atoms with E-state index in [0.29, 0.717) is 5.92 Å². The molecule has 3 heteroatoms. The molecule has 4 aromatic rings. The molecule has 1 aliphatic rings. The molecule has 0 aliphatic heterocycles. The lowest BCUT2D eigenvalue weighted by Crippen LogP contribution is -2.26. The van der Waals surface area contributed by atoms with E-state index in [-0.39, 0.29) is 0 Å². The summed E-state index contributed by atoms with van der Waals surface area (Å²) in [5, 5.41) is 3.73. The molecule has 116 valence electrons. The molecular formula is C21H17N3. The Balaban J connectivity index is 1.65. The third kappa shape index (κ3) is 2.09. The van der Waals surface area contributed by atoms with Crippen LogP contribution in [0.15, 0.2) is 61.1 Å². The molecule has 3 heterocycles. The Labute approximate surface area is 139 Å². The lowest BCUT2D eigenvalue weighted by atomic mass is 9.91. The first-order valence-electron chi connectivity index (χ1n) is 8.26. The van der Waals surface area contributed by atoms with E-state index in [1.807, 2.05) is 18.5 Å². The number of aromatic amines is 2. The van der Waals surface area contributed by atoms with E-state index in [2.05, 4.69) is 69.7 Å². The molecule has 2 N–H and O–H groups in total. The Hall–Kier alpha value is -3.07. The summed E-state index contributed by atoms with van der Waals surface area (Å²) in [7, 11) is 0. The molecule has 0 saturated carbocycles. The molecule has 0 saturated heterocycles. The fraction of sp³-hybridized carbons (Fsp3) is 0.0952. The van der Waals surface area contributed by atoms with Gasteiger partial charge < -0.3 is 9.97 Å². The maximum absolute atomic E-state index is 4.62. The largest absolute Gasteiger partial charge is 0.361 e. The fourth-order valence-electron chi connectivity index (χ4n) is 3.58. The Morgan fingerprint density at radius 1 is 1.00 bits per heavy atom. The second-order valence-corrected chi connectivity index (χ2v) is 6.29. The Morgan fingerprint density at radius 3 is 2.83 bits per heavy atom. The number of hydrogen-bond donors (Lipinski definition) is 2. The highest BCUT2D eigenvalue weighted by Gasteiger charge is 2.16. The summed E-state index contributed by atoms with van der Waals surface area (Å²) in [5.74, 6) is 0.384. The van der Waals surface area contributed by atoms with Gasteiger partial charge in [0.25, 0.3) is 0 Å². The average molecular weight is 311 g/mol. The van der Waals surface area contributed by atoms with E-state index < -0.39 is 0 Å². The second-order valence-electron chi connectivity index (χ2n) is 6.29. The summed E-state index contributed by atoms with van der Waals surface area (Å²) in [6.07, 6.45) is 11.7. The van der Waals surface area contributed by atoms with Crippen molar-refractivity contribution in [3.8, 4) is 11.1 Å². The van der Waals surface area contributed by atoms with Gasteiger partial charge in [-0.2, -0.15) is 0 Å². The van der Waals surface area contributed by atoms with Crippen LogP contribution in [0.2, 0.25) is 0 Å². The molecule has 0 spiro atoms. The normalized spacial score (nSPS) is 16.4. The number of H-pyrrole nitrogens is 2. The molecule has 5 rings (SSSR count). The standard InChI is InChI=1S/C21H17N3/c1-2-4-14(5-3-1)17-11-18-19(13-24-21(18)23-12-17)15-6-7-20-16(10-15)8-9-22-20/h1-5,7-13,15,22H,6H2,(H,23,24). The van der Waals surface area contributed by atoms with Gasteiger partial charge in [0.05, 0.1) is 0 Å². The zero-order valence-corrected chi connectivity index (χ0v) is 13.2. The van der Waals surface area contributed by atoms with E-state index in [1.165, 1.54) is 27.1 Å². The molecule has 3 aromatic heterocycles. The minimum Gasteiger partial charge on any atom is -0.361 e. The van der Waals surface area contributed by atoms with Crippen molar-refractivity contribution >= 4 is 23.2 Å². The molecule has 1 atom stereocenters. The highest BCUT2D eigenvalue weighted by atomic mass is 14.8. The number of fused-ring (bicyclic) bond motifs is 2. The van der Waals surface area contributed by atoms with Gasteiger partial charge in [-0.15, -0.1) is 0 Å². The zero-order chi connectivity index (χ0) is 15.9. The van der Waals surface area contributed by atoms with Gasteiger partial charge >= 0.3 is 0 Å². The first kappa shape index (κ1) is 13.4. The van der Waals surface area contributed by atoms with Crippen molar-refractivity contribution in [3.05, 3.63) is 77.2 Å². The minimum atomic E-state index is 0.384. The molecule has 1 unspecified atom stereocenters. The molecule has 1 aliphatic carbocycles. The van der Waals surface area contributed by atoms with Crippen molar-refractivity contribution < 1.29 is 0 Å². The number of aromatic nitrogens is 3. The summed E-state index contributed by atoms with van der Waals surface area (Å²) in [6.45, 7) is 0. The number of hydrogen-bond acceptors (Lipinski definition) is 1. The molecule has 0 fully saturated rings. The highest BCUT2D eigenvalue weighted by Crippen LogP contribution is 2.31. The lowest BCUT2D eigenvalue weighted by Gasteiger charge is -2.12. The molecule has 0 bridgehead atoms. The van der Waals surface area contributed by atoms with E-state index in [9.17, 15) is 0 Å². The Bertz CT molecular complexity index is 1130. The van der Waals surface area contributed by atoms with Gasteiger partial charge in [0.2, 0.25) is 0 Å². The van der Waals surface area contributed by atoms with Crippen molar-refractivity contribution in [1.82, 2.24) is 15.0 Å². The van der Waals surface area contributed by atoms with Gasteiger partial charge in [0, 0.05) is 40.8 Å². The molecule has 0 radical (unpaired) electrons. The average Bonchev–Trinajstić information content (AvgIpc) is 3.27. The summed E-state index contributed by atoms with van der Waals surface area (Å²) in [6, 6.07) is 14.8. The summed E-state index contributed by atoms with van der Waals surface area (Å²) in [5.41, 5.74) is 4.63. The van der Waals surface area contributed by atoms with Gasteiger partial charge in [-0.1, -0.05) is 42.5 Å². The van der Waals surface area contributed by atoms with E-state index in [1.54, 1.807) is 0 Å². The molecule has 3 nitrogen and oxygen atoms in total. The molecule has 24 heavy (non-hydrogen) atoms. The van der Waals surface area contributed by atoms with Crippen LogP contribution < -0.4 is 10.6 Å². The van der Waals surface area contributed by atoms with Gasteiger partial charge in [-0.05, 0) is 34.9 Å². The Morgan fingerprint density at radius 2 is 1.92 bits per heavy atom. The van der Waals surface area contributed by atoms with Crippen LogP contribution in [0.1, 0.15) is 17.9 Å². The van der Waals surface area contributed by atoms with Crippen molar-refractivity contribution in [2.75, 3.05) is 0 Å². The fourth-order valence-corrected chi connectivity index (χ4v) is 3.58. The van der Waals surface area contributed by atoms with E-state index in [4.69, 9.17) is 0 Å². The van der Waals surface area contributed by atoms with Crippen molar-refractivity contribution in [2.45, 2.75) is 12.3 Å². The van der Waals surface area contributed by atoms with Crippen molar-refractivity contribution in [1.29, 1.82) is 0 Å². The van der Waals surface area contributed by atoms with Crippen LogP contribution in [0.25, 0.3) is 34.3 Å². The summed E-state index contributed by atoms with van der Waals surface area (Å²) < 4.78 is 0.